The zero-order valence-corrected chi connectivity index (χ0v) is 11.3. The lowest BCUT2D eigenvalue weighted by molar-refractivity contribution is 0.243. The van der Waals surface area contributed by atoms with Crippen LogP contribution in [-0.2, 0) is 0 Å². The number of hydrogen-bond acceptors (Lipinski definition) is 2. The van der Waals surface area contributed by atoms with E-state index in [9.17, 15) is 0 Å². The first kappa shape index (κ1) is 14.0. The van der Waals surface area contributed by atoms with E-state index in [-0.39, 0.29) is 0 Å². The molecule has 0 radical (unpaired) electrons. The van der Waals surface area contributed by atoms with Crippen LogP contribution in [0.5, 0.6) is 0 Å². The van der Waals surface area contributed by atoms with Crippen LogP contribution >= 0.6 is 0 Å². The lowest BCUT2D eigenvalue weighted by Gasteiger charge is -2.24. The summed E-state index contributed by atoms with van der Waals surface area (Å²) in [6, 6.07) is 0. The highest BCUT2D eigenvalue weighted by Crippen LogP contribution is 2.10. The van der Waals surface area contributed by atoms with Gasteiger partial charge >= 0.3 is 0 Å². The molecule has 96 valence electrons. The second-order valence-electron chi connectivity index (χ2n) is 5.56. The Hall–Kier alpha value is -0.0800. The highest BCUT2D eigenvalue weighted by atomic mass is 15.1. The molecule has 0 atom stereocenters. The number of nitrogens with one attached hydrogen (secondary N) is 1. The Morgan fingerprint density at radius 1 is 1.00 bits per heavy atom. The monoisotopic (exact) mass is 226 g/mol. The molecule has 0 bridgehead atoms. The molecule has 16 heavy (non-hydrogen) atoms. The smallest absolute Gasteiger partial charge is 0.000664 e. The Morgan fingerprint density at radius 2 is 1.62 bits per heavy atom. The maximum atomic E-state index is 3.53. The lowest BCUT2D eigenvalue weighted by atomic mass is 10.1. The van der Waals surface area contributed by atoms with E-state index in [2.05, 4.69) is 24.1 Å². The fourth-order valence-electron chi connectivity index (χ4n) is 2.35. The van der Waals surface area contributed by atoms with Gasteiger partial charge < -0.3 is 10.2 Å². The molecule has 1 aliphatic rings. The van der Waals surface area contributed by atoms with Crippen LogP contribution in [0.2, 0.25) is 0 Å². The Morgan fingerprint density at radius 3 is 2.25 bits per heavy atom. The molecule has 1 saturated heterocycles. The van der Waals surface area contributed by atoms with Crippen molar-refractivity contribution in [3.8, 4) is 0 Å². The van der Waals surface area contributed by atoms with Gasteiger partial charge in [0.2, 0.25) is 0 Å². The van der Waals surface area contributed by atoms with E-state index in [0.29, 0.717) is 0 Å². The van der Waals surface area contributed by atoms with Gasteiger partial charge in [-0.1, -0.05) is 33.1 Å². The molecular weight excluding hydrogens is 196 g/mol. The van der Waals surface area contributed by atoms with Gasteiger partial charge in [0.15, 0.2) is 0 Å². The van der Waals surface area contributed by atoms with Crippen molar-refractivity contribution in [1.82, 2.24) is 10.2 Å². The van der Waals surface area contributed by atoms with Gasteiger partial charge in [0.1, 0.15) is 0 Å². The van der Waals surface area contributed by atoms with Crippen LogP contribution in [0, 0.1) is 5.92 Å². The molecule has 2 nitrogen and oxygen atoms in total. The van der Waals surface area contributed by atoms with Crippen LogP contribution in [0.4, 0.5) is 0 Å². The van der Waals surface area contributed by atoms with Gasteiger partial charge in [-0.05, 0) is 57.9 Å². The highest BCUT2D eigenvalue weighted by Gasteiger charge is 2.06. The van der Waals surface area contributed by atoms with E-state index in [1.807, 2.05) is 0 Å². The van der Waals surface area contributed by atoms with Crippen LogP contribution in [0.25, 0.3) is 0 Å². The number of hydrogen-bond donors (Lipinski definition) is 1. The van der Waals surface area contributed by atoms with Crippen LogP contribution in [0.3, 0.4) is 0 Å². The van der Waals surface area contributed by atoms with E-state index in [1.165, 1.54) is 71.2 Å². The molecule has 0 saturated carbocycles. The summed E-state index contributed by atoms with van der Waals surface area (Å²) in [5, 5.41) is 3.53. The Kier molecular flexibility index (Phi) is 7.87. The molecule has 0 unspecified atom stereocenters. The maximum absolute atomic E-state index is 3.53. The summed E-state index contributed by atoms with van der Waals surface area (Å²) in [6.07, 6.45) is 8.50. The predicted octanol–water partition coefficient (Wildman–Crippen LogP) is 2.89. The van der Waals surface area contributed by atoms with E-state index >= 15 is 0 Å². The third kappa shape index (κ3) is 7.24. The van der Waals surface area contributed by atoms with E-state index in [4.69, 9.17) is 0 Å². The summed E-state index contributed by atoms with van der Waals surface area (Å²) in [7, 11) is 0. The van der Waals surface area contributed by atoms with Gasteiger partial charge in [-0.2, -0.15) is 0 Å². The largest absolute Gasteiger partial charge is 0.316 e. The molecule has 0 aromatic rings. The minimum Gasteiger partial charge on any atom is -0.316 e. The standard InChI is InChI=1S/C14H30N2/c1-14(2)13-15-9-8-12-16-10-6-4-3-5-7-11-16/h14-15H,3-13H2,1-2H3. The third-order valence-corrected chi connectivity index (χ3v) is 3.33. The second kappa shape index (κ2) is 9.00. The van der Waals surface area contributed by atoms with Gasteiger partial charge in [-0.25, -0.2) is 0 Å². The Bertz CT molecular complexity index is 149. The first-order valence-corrected chi connectivity index (χ1v) is 7.22. The summed E-state index contributed by atoms with van der Waals surface area (Å²) in [5.74, 6) is 0.779. The zero-order valence-electron chi connectivity index (χ0n) is 11.3. The Balaban J connectivity index is 1.97. The van der Waals surface area contributed by atoms with Crippen LogP contribution in [-0.4, -0.2) is 37.6 Å². The van der Waals surface area contributed by atoms with Crippen molar-refractivity contribution in [2.75, 3.05) is 32.7 Å². The van der Waals surface area contributed by atoms with Gasteiger partial charge in [0.05, 0.1) is 0 Å². The van der Waals surface area contributed by atoms with Crippen molar-refractivity contribution < 1.29 is 0 Å². The molecule has 2 heteroatoms. The van der Waals surface area contributed by atoms with Crippen LogP contribution < -0.4 is 5.32 Å². The summed E-state index contributed by atoms with van der Waals surface area (Å²) < 4.78 is 0. The zero-order chi connectivity index (χ0) is 11.6. The summed E-state index contributed by atoms with van der Waals surface area (Å²) in [4.78, 5) is 2.66. The van der Waals surface area contributed by atoms with Crippen molar-refractivity contribution >= 4 is 0 Å². The molecule has 0 amide bonds. The SMILES string of the molecule is CC(C)CNCCCN1CCCCCCC1. The van der Waals surface area contributed by atoms with Crippen LogP contribution in [0.15, 0.2) is 0 Å². The van der Waals surface area contributed by atoms with E-state index in [0.717, 1.165) is 5.92 Å². The van der Waals surface area contributed by atoms with Gasteiger partial charge in [0, 0.05) is 0 Å². The number of likely N-dealkylation sites (tertiary alicyclic amines) is 1. The molecule has 0 aromatic carbocycles. The van der Waals surface area contributed by atoms with Crippen molar-refractivity contribution in [1.29, 1.82) is 0 Å². The van der Waals surface area contributed by atoms with Crippen molar-refractivity contribution in [3.05, 3.63) is 0 Å². The van der Waals surface area contributed by atoms with Gasteiger partial charge in [-0.3, -0.25) is 0 Å². The molecule has 1 N–H and O–H groups in total. The summed E-state index contributed by atoms with van der Waals surface area (Å²) in [6.45, 7) is 10.9. The number of rotatable bonds is 6. The van der Waals surface area contributed by atoms with Crippen molar-refractivity contribution in [2.45, 2.75) is 52.4 Å². The molecule has 1 fully saturated rings. The van der Waals surface area contributed by atoms with Gasteiger partial charge in [-0.15, -0.1) is 0 Å². The van der Waals surface area contributed by atoms with Gasteiger partial charge in [0.25, 0.3) is 0 Å². The highest BCUT2D eigenvalue weighted by molar-refractivity contribution is 4.63. The molecule has 0 spiro atoms. The summed E-state index contributed by atoms with van der Waals surface area (Å²) >= 11 is 0. The van der Waals surface area contributed by atoms with Crippen LogP contribution in [0.1, 0.15) is 52.4 Å². The normalized spacial score (nSPS) is 19.7. The molecular formula is C14H30N2. The topological polar surface area (TPSA) is 15.3 Å². The minimum atomic E-state index is 0.779. The second-order valence-corrected chi connectivity index (χ2v) is 5.56. The quantitative estimate of drug-likeness (QED) is 0.701. The fraction of sp³-hybridized carbons (Fsp3) is 1.00. The van der Waals surface area contributed by atoms with Crippen molar-refractivity contribution in [2.24, 2.45) is 5.92 Å². The molecule has 1 aliphatic heterocycles. The molecule has 0 aliphatic carbocycles. The van der Waals surface area contributed by atoms with Crippen molar-refractivity contribution in [3.63, 3.8) is 0 Å². The minimum absolute atomic E-state index is 0.779. The average Bonchev–Trinajstić information content (AvgIpc) is 2.19. The first-order chi connectivity index (χ1) is 7.79. The Labute approximate surface area is 102 Å². The molecule has 1 heterocycles. The fourth-order valence-corrected chi connectivity index (χ4v) is 2.35. The first-order valence-electron chi connectivity index (χ1n) is 7.22. The lowest BCUT2D eigenvalue weighted by Crippen LogP contribution is -2.31. The third-order valence-electron chi connectivity index (χ3n) is 3.33. The maximum Gasteiger partial charge on any atom is -0.000664 e. The molecule has 0 aromatic heterocycles. The molecule has 1 rings (SSSR count). The van der Waals surface area contributed by atoms with E-state index in [1.54, 1.807) is 0 Å². The average molecular weight is 226 g/mol. The number of nitrogens with zero attached hydrogens (tertiary/aromatic N) is 1. The van der Waals surface area contributed by atoms with E-state index < -0.39 is 0 Å². The summed E-state index contributed by atoms with van der Waals surface area (Å²) in [5.41, 5.74) is 0. The predicted molar refractivity (Wildman–Crippen MR) is 71.8 cm³/mol.